The van der Waals surface area contributed by atoms with Gasteiger partial charge in [0, 0.05) is 10.6 Å². The van der Waals surface area contributed by atoms with Crippen LogP contribution >= 0.6 is 11.8 Å². The Labute approximate surface area is 145 Å². The molecule has 0 saturated carbocycles. The summed E-state index contributed by atoms with van der Waals surface area (Å²) in [7, 11) is 0. The molecular formula is C20H16N2OS. The molecule has 3 rings (SSSR count). The summed E-state index contributed by atoms with van der Waals surface area (Å²) in [5.74, 6) is -0.0575. The molecule has 0 fully saturated rings. The number of rotatable bonds is 4. The maximum atomic E-state index is 12.3. The number of hydrogen-bond acceptors (Lipinski definition) is 3. The molecule has 0 spiro atoms. The maximum Gasteiger partial charge on any atom is 0.237 e. The Morgan fingerprint density at radius 3 is 2.46 bits per heavy atom. The average molecular weight is 332 g/mol. The van der Waals surface area contributed by atoms with Crippen LogP contribution in [0.1, 0.15) is 12.5 Å². The van der Waals surface area contributed by atoms with Gasteiger partial charge in [-0.2, -0.15) is 5.26 Å². The highest BCUT2D eigenvalue weighted by atomic mass is 32.2. The second-order valence-corrected chi connectivity index (χ2v) is 6.86. The SMILES string of the molecule is C[C@@H](Sc1ccc2ccccc2c1)C(=O)Nc1ccc(C#N)cc1. The molecule has 0 radical (unpaired) electrons. The van der Waals surface area contributed by atoms with E-state index in [1.54, 1.807) is 24.3 Å². The predicted molar refractivity (Wildman–Crippen MR) is 99.1 cm³/mol. The van der Waals surface area contributed by atoms with Gasteiger partial charge in [-0.25, -0.2) is 0 Å². The number of nitriles is 1. The minimum atomic E-state index is -0.221. The highest BCUT2D eigenvalue weighted by Crippen LogP contribution is 2.27. The van der Waals surface area contributed by atoms with Gasteiger partial charge in [-0.1, -0.05) is 30.3 Å². The first-order chi connectivity index (χ1) is 11.7. The fraction of sp³-hybridized carbons (Fsp3) is 0.100. The van der Waals surface area contributed by atoms with Gasteiger partial charge in [0.15, 0.2) is 0 Å². The molecule has 0 aliphatic heterocycles. The minimum Gasteiger partial charge on any atom is -0.325 e. The van der Waals surface area contributed by atoms with E-state index in [1.807, 2.05) is 25.1 Å². The molecule has 1 N–H and O–H groups in total. The van der Waals surface area contributed by atoms with E-state index in [0.29, 0.717) is 11.3 Å². The number of anilines is 1. The summed E-state index contributed by atoms with van der Waals surface area (Å²) in [5.41, 5.74) is 1.27. The first kappa shape index (κ1) is 16.1. The Morgan fingerprint density at radius 1 is 1.04 bits per heavy atom. The van der Waals surface area contributed by atoms with Crippen LogP contribution in [-0.4, -0.2) is 11.2 Å². The van der Waals surface area contributed by atoms with Crippen LogP contribution in [0.25, 0.3) is 10.8 Å². The summed E-state index contributed by atoms with van der Waals surface area (Å²) >= 11 is 1.53. The van der Waals surface area contributed by atoms with E-state index >= 15 is 0 Å². The monoisotopic (exact) mass is 332 g/mol. The number of hydrogen-bond donors (Lipinski definition) is 1. The van der Waals surface area contributed by atoms with Gasteiger partial charge >= 0.3 is 0 Å². The predicted octanol–water partition coefficient (Wildman–Crippen LogP) is 4.83. The van der Waals surface area contributed by atoms with Crippen molar-refractivity contribution in [3.05, 3.63) is 72.3 Å². The van der Waals surface area contributed by atoms with Crippen LogP contribution in [0.5, 0.6) is 0 Å². The van der Waals surface area contributed by atoms with Crippen LogP contribution in [0.15, 0.2) is 71.6 Å². The Morgan fingerprint density at radius 2 is 1.75 bits per heavy atom. The molecule has 118 valence electrons. The number of carbonyl (C=O) groups excluding carboxylic acids is 1. The molecule has 0 aliphatic carbocycles. The standard InChI is InChI=1S/C20H16N2OS/c1-14(20(23)22-18-9-6-15(13-21)7-10-18)24-19-11-8-16-4-2-3-5-17(16)12-19/h2-12,14H,1H3,(H,22,23)/t14-/m1/s1. The zero-order valence-electron chi connectivity index (χ0n) is 13.2. The summed E-state index contributed by atoms with van der Waals surface area (Å²) in [4.78, 5) is 13.4. The number of thioether (sulfide) groups is 1. The van der Waals surface area contributed by atoms with Gasteiger partial charge in [-0.05, 0) is 54.1 Å². The van der Waals surface area contributed by atoms with E-state index in [-0.39, 0.29) is 11.2 Å². The molecule has 0 heterocycles. The van der Waals surface area contributed by atoms with Crippen LogP contribution in [0.4, 0.5) is 5.69 Å². The summed E-state index contributed by atoms with van der Waals surface area (Å²) in [6.07, 6.45) is 0. The zero-order valence-corrected chi connectivity index (χ0v) is 14.0. The van der Waals surface area contributed by atoms with Crippen LogP contribution in [-0.2, 0) is 4.79 Å². The maximum absolute atomic E-state index is 12.3. The summed E-state index contributed by atoms with van der Waals surface area (Å²) < 4.78 is 0. The summed E-state index contributed by atoms with van der Waals surface area (Å²) in [6, 6.07) is 23.3. The van der Waals surface area contributed by atoms with Gasteiger partial charge in [-0.3, -0.25) is 4.79 Å². The fourth-order valence-electron chi connectivity index (χ4n) is 2.37. The van der Waals surface area contributed by atoms with E-state index in [4.69, 9.17) is 5.26 Å². The van der Waals surface area contributed by atoms with Crippen molar-refractivity contribution in [2.24, 2.45) is 0 Å². The molecule has 0 aromatic heterocycles. The van der Waals surface area contributed by atoms with Crippen molar-refractivity contribution in [3.63, 3.8) is 0 Å². The number of fused-ring (bicyclic) bond motifs is 1. The van der Waals surface area contributed by atoms with E-state index < -0.39 is 0 Å². The normalized spacial score (nSPS) is 11.7. The van der Waals surface area contributed by atoms with Crippen molar-refractivity contribution in [2.75, 3.05) is 5.32 Å². The molecule has 0 aliphatic rings. The van der Waals surface area contributed by atoms with Crippen molar-refractivity contribution >= 4 is 34.1 Å². The van der Waals surface area contributed by atoms with Crippen molar-refractivity contribution in [2.45, 2.75) is 17.1 Å². The quantitative estimate of drug-likeness (QED) is 0.696. The molecule has 0 unspecified atom stereocenters. The molecule has 4 heteroatoms. The van der Waals surface area contributed by atoms with Gasteiger partial charge in [0.05, 0.1) is 16.9 Å². The lowest BCUT2D eigenvalue weighted by Gasteiger charge is -2.12. The molecule has 3 aromatic rings. The molecule has 24 heavy (non-hydrogen) atoms. The van der Waals surface area contributed by atoms with Crippen LogP contribution in [0.3, 0.4) is 0 Å². The van der Waals surface area contributed by atoms with E-state index in [2.05, 4.69) is 35.7 Å². The van der Waals surface area contributed by atoms with Crippen LogP contribution in [0.2, 0.25) is 0 Å². The topological polar surface area (TPSA) is 52.9 Å². The van der Waals surface area contributed by atoms with Crippen molar-refractivity contribution < 1.29 is 4.79 Å². The van der Waals surface area contributed by atoms with E-state index in [1.165, 1.54) is 22.5 Å². The van der Waals surface area contributed by atoms with Gasteiger partial charge in [0.1, 0.15) is 0 Å². The third-order valence-electron chi connectivity index (χ3n) is 3.68. The highest BCUT2D eigenvalue weighted by Gasteiger charge is 2.14. The Bertz CT molecular complexity index is 913. The number of nitrogens with one attached hydrogen (secondary N) is 1. The number of nitrogens with zero attached hydrogens (tertiary/aromatic N) is 1. The van der Waals surface area contributed by atoms with Crippen LogP contribution < -0.4 is 5.32 Å². The molecule has 0 bridgehead atoms. The van der Waals surface area contributed by atoms with Gasteiger partial charge in [-0.15, -0.1) is 11.8 Å². The molecule has 1 atom stereocenters. The summed E-state index contributed by atoms with van der Waals surface area (Å²) in [5, 5.41) is 13.8. The number of benzene rings is 3. The lowest BCUT2D eigenvalue weighted by atomic mass is 10.1. The smallest absolute Gasteiger partial charge is 0.237 e. The molecule has 3 aromatic carbocycles. The van der Waals surface area contributed by atoms with Crippen molar-refractivity contribution in [1.29, 1.82) is 5.26 Å². The van der Waals surface area contributed by atoms with E-state index in [9.17, 15) is 4.79 Å². The first-order valence-corrected chi connectivity index (χ1v) is 8.50. The van der Waals surface area contributed by atoms with Gasteiger partial charge in [0.2, 0.25) is 5.91 Å². The molecule has 1 amide bonds. The van der Waals surface area contributed by atoms with Crippen LogP contribution in [0, 0.1) is 11.3 Å². The average Bonchev–Trinajstić information content (AvgIpc) is 2.62. The fourth-order valence-corrected chi connectivity index (χ4v) is 3.29. The Balaban J connectivity index is 1.67. The Kier molecular flexibility index (Phi) is 4.83. The second kappa shape index (κ2) is 7.20. The van der Waals surface area contributed by atoms with Gasteiger partial charge in [0.25, 0.3) is 0 Å². The van der Waals surface area contributed by atoms with Crippen molar-refractivity contribution in [1.82, 2.24) is 0 Å². The van der Waals surface area contributed by atoms with E-state index in [0.717, 1.165) is 4.90 Å². The highest BCUT2D eigenvalue weighted by molar-refractivity contribution is 8.00. The second-order valence-electron chi connectivity index (χ2n) is 5.45. The molecular weight excluding hydrogens is 316 g/mol. The minimum absolute atomic E-state index is 0.0575. The number of amides is 1. The molecule has 3 nitrogen and oxygen atoms in total. The molecule has 0 saturated heterocycles. The lowest BCUT2D eigenvalue weighted by Crippen LogP contribution is -2.22. The first-order valence-electron chi connectivity index (χ1n) is 7.62. The summed E-state index contributed by atoms with van der Waals surface area (Å²) in [6.45, 7) is 1.89. The van der Waals surface area contributed by atoms with Gasteiger partial charge < -0.3 is 5.32 Å². The van der Waals surface area contributed by atoms with Crippen molar-refractivity contribution in [3.8, 4) is 6.07 Å². The Hall–Kier alpha value is -2.77. The largest absolute Gasteiger partial charge is 0.325 e. The number of carbonyl (C=O) groups is 1. The zero-order chi connectivity index (χ0) is 16.9. The third-order valence-corrected chi connectivity index (χ3v) is 4.78. The lowest BCUT2D eigenvalue weighted by molar-refractivity contribution is -0.115. The third kappa shape index (κ3) is 3.76.